The molecule has 2 rings (SSSR count). The fourth-order valence-electron chi connectivity index (χ4n) is 1.78. The van der Waals surface area contributed by atoms with Crippen LogP contribution in [0.4, 0.5) is 0 Å². The lowest BCUT2D eigenvalue weighted by Crippen LogP contribution is -2.30. The van der Waals surface area contributed by atoms with E-state index < -0.39 is 0 Å². The Labute approximate surface area is 94.2 Å². The van der Waals surface area contributed by atoms with Crippen molar-refractivity contribution in [1.82, 2.24) is 0 Å². The number of carbonyl (C=O) groups excluding carboxylic acids is 1. The Morgan fingerprint density at radius 2 is 2.20 bits per heavy atom. The lowest BCUT2D eigenvalue weighted by molar-refractivity contribution is -0.127. The van der Waals surface area contributed by atoms with Crippen molar-refractivity contribution in [2.45, 2.75) is 31.8 Å². The smallest absolute Gasteiger partial charge is 0.173 e. The van der Waals surface area contributed by atoms with Crippen LogP contribution in [-0.4, -0.2) is 11.9 Å². The van der Waals surface area contributed by atoms with Gasteiger partial charge in [0.25, 0.3) is 0 Å². The minimum Gasteiger partial charge on any atom is -0.483 e. The number of ether oxygens (including phenoxy) is 1. The van der Waals surface area contributed by atoms with Crippen LogP contribution < -0.4 is 4.74 Å². The number of carbonyl (C=O) groups is 1. The summed E-state index contributed by atoms with van der Waals surface area (Å²) in [5.41, 5.74) is 0. The van der Waals surface area contributed by atoms with Crippen molar-refractivity contribution in [3.8, 4) is 5.75 Å². The molecular weight excluding hydrogens is 212 g/mol. The molecule has 1 aliphatic carbocycles. The standard InChI is InChI=1S/C12H13ClO2/c13-9-4-3-5-10(8-9)15-12-7-2-1-6-11(12)14/h3-5,8,12H,1-2,6-7H2. The molecular formula is C12H13ClO2. The molecule has 1 unspecified atom stereocenters. The summed E-state index contributed by atoms with van der Waals surface area (Å²) in [4.78, 5) is 11.5. The van der Waals surface area contributed by atoms with E-state index in [1.165, 1.54) is 0 Å². The molecule has 1 aromatic carbocycles. The Morgan fingerprint density at radius 3 is 2.93 bits per heavy atom. The number of hydrogen-bond donors (Lipinski definition) is 0. The quantitative estimate of drug-likeness (QED) is 0.771. The van der Waals surface area contributed by atoms with E-state index in [9.17, 15) is 4.79 Å². The van der Waals surface area contributed by atoms with Gasteiger partial charge in [-0.15, -0.1) is 0 Å². The molecule has 0 amide bonds. The van der Waals surface area contributed by atoms with Crippen LogP contribution in [0.25, 0.3) is 0 Å². The maximum Gasteiger partial charge on any atom is 0.173 e. The van der Waals surface area contributed by atoms with Gasteiger partial charge in [0, 0.05) is 11.4 Å². The summed E-state index contributed by atoms with van der Waals surface area (Å²) < 4.78 is 5.61. The summed E-state index contributed by atoms with van der Waals surface area (Å²) in [6.45, 7) is 0. The van der Waals surface area contributed by atoms with Crippen LogP contribution in [0.2, 0.25) is 5.02 Å². The van der Waals surface area contributed by atoms with Gasteiger partial charge in [0.2, 0.25) is 0 Å². The van der Waals surface area contributed by atoms with Crippen molar-refractivity contribution in [2.24, 2.45) is 0 Å². The van der Waals surface area contributed by atoms with E-state index in [0.29, 0.717) is 17.2 Å². The number of ketones is 1. The van der Waals surface area contributed by atoms with E-state index in [-0.39, 0.29) is 11.9 Å². The number of rotatable bonds is 2. The molecule has 0 aliphatic heterocycles. The highest BCUT2D eigenvalue weighted by Gasteiger charge is 2.23. The Morgan fingerprint density at radius 1 is 1.33 bits per heavy atom. The molecule has 0 saturated heterocycles. The molecule has 0 radical (unpaired) electrons. The van der Waals surface area contributed by atoms with Gasteiger partial charge < -0.3 is 4.74 Å². The Hall–Kier alpha value is -1.02. The first-order chi connectivity index (χ1) is 7.25. The average Bonchev–Trinajstić information content (AvgIpc) is 2.22. The SMILES string of the molecule is O=C1CCCCC1Oc1cccc(Cl)c1. The minimum atomic E-state index is -0.266. The van der Waals surface area contributed by atoms with Crippen LogP contribution in [-0.2, 0) is 4.79 Å². The van der Waals surface area contributed by atoms with E-state index in [1.54, 1.807) is 12.1 Å². The monoisotopic (exact) mass is 224 g/mol. The van der Waals surface area contributed by atoms with Gasteiger partial charge in [0.1, 0.15) is 5.75 Å². The fourth-order valence-corrected chi connectivity index (χ4v) is 1.96. The van der Waals surface area contributed by atoms with E-state index in [0.717, 1.165) is 19.3 Å². The van der Waals surface area contributed by atoms with Crippen LogP contribution in [0.3, 0.4) is 0 Å². The van der Waals surface area contributed by atoms with Gasteiger partial charge in [-0.25, -0.2) is 0 Å². The van der Waals surface area contributed by atoms with Gasteiger partial charge in [-0.2, -0.15) is 0 Å². The zero-order chi connectivity index (χ0) is 10.7. The first-order valence-corrected chi connectivity index (χ1v) is 5.58. The predicted octanol–water partition coefficient (Wildman–Crippen LogP) is 3.23. The third-order valence-corrected chi connectivity index (χ3v) is 2.81. The van der Waals surface area contributed by atoms with Crippen LogP contribution in [0, 0.1) is 0 Å². The second kappa shape index (κ2) is 4.67. The maximum absolute atomic E-state index is 11.5. The predicted molar refractivity (Wildman–Crippen MR) is 59.3 cm³/mol. The Balaban J connectivity index is 2.04. The molecule has 0 spiro atoms. The first kappa shape index (κ1) is 10.5. The van der Waals surface area contributed by atoms with Crippen LogP contribution in [0.15, 0.2) is 24.3 Å². The topological polar surface area (TPSA) is 26.3 Å². The van der Waals surface area contributed by atoms with Crippen LogP contribution >= 0.6 is 11.6 Å². The number of halogens is 1. The van der Waals surface area contributed by atoms with Gasteiger partial charge in [0.15, 0.2) is 11.9 Å². The Bertz CT molecular complexity index is 362. The summed E-state index contributed by atoms with van der Waals surface area (Å²) in [5, 5.41) is 0.635. The highest BCUT2D eigenvalue weighted by atomic mass is 35.5. The number of benzene rings is 1. The first-order valence-electron chi connectivity index (χ1n) is 5.20. The minimum absolute atomic E-state index is 0.209. The van der Waals surface area contributed by atoms with Crippen molar-refractivity contribution in [2.75, 3.05) is 0 Å². The molecule has 1 fully saturated rings. The number of hydrogen-bond acceptors (Lipinski definition) is 2. The Kier molecular flexibility index (Phi) is 3.27. The summed E-state index contributed by atoms with van der Waals surface area (Å²) >= 11 is 5.83. The molecule has 1 atom stereocenters. The third-order valence-electron chi connectivity index (χ3n) is 2.57. The lowest BCUT2D eigenvalue weighted by atomic mass is 9.96. The van der Waals surface area contributed by atoms with Crippen LogP contribution in [0.5, 0.6) is 5.75 Å². The molecule has 0 heterocycles. The summed E-state index contributed by atoms with van der Waals surface area (Å²) in [5.74, 6) is 0.893. The molecule has 2 nitrogen and oxygen atoms in total. The average molecular weight is 225 g/mol. The van der Waals surface area contributed by atoms with Crippen molar-refractivity contribution in [3.63, 3.8) is 0 Å². The number of Topliss-reactive ketones (excluding diaryl/α,β-unsaturated/α-hetero) is 1. The molecule has 0 bridgehead atoms. The highest BCUT2D eigenvalue weighted by molar-refractivity contribution is 6.30. The summed E-state index contributed by atoms with van der Waals surface area (Å²) in [6.07, 6.45) is 3.26. The van der Waals surface area contributed by atoms with Gasteiger partial charge in [-0.3, -0.25) is 4.79 Å². The van der Waals surface area contributed by atoms with Crippen molar-refractivity contribution < 1.29 is 9.53 Å². The molecule has 0 N–H and O–H groups in total. The van der Waals surface area contributed by atoms with Crippen molar-refractivity contribution >= 4 is 17.4 Å². The van der Waals surface area contributed by atoms with Gasteiger partial charge >= 0.3 is 0 Å². The molecule has 15 heavy (non-hydrogen) atoms. The van der Waals surface area contributed by atoms with E-state index >= 15 is 0 Å². The van der Waals surface area contributed by atoms with Crippen molar-refractivity contribution in [3.05, 3.63) is 29.3 Å². The highest BCUT2D eigenvalue weighted by Crippen LogP contribution is 2.23. The second-order valence-electron chi connectivity index (χ2n) is 3.78. The van der Waals surface area contributed by atoms with Gasteiger partial charge in [-0.1, -0.05) is 17.7 Å². The van der Waals surface area contributed by atoms with Crippen LogP contribution in [0.1, 0.15) is 25.7 Å². The molecule has 0 aromatic heterocycles. The maximum atomic E-state index is 11.5. The lowest BCUT2D eigenvalue weighted by Gasteiger charge is -2.21. The zero-order valence-corrected chi connectivity index (χ0v) is 9.17. The third kappa shape index (κ3) is 2.72. The molecule has 3 heteroatoms. The second-order valence-corrected chi connectivity index (χ2v) is 4.21. The zero-order valence-electron chi connectivity index (χ0n) is 8.41. The summed E-state index contributed by atoms with van der Waals surface area (Å²) in [7, 11) is 0. The summed E-state index contributed by atoms with van der Waals surface area (Å²) in [6, 6.07) is 7.18. The van der Waals surface area contributed by atoms with Gasteiger partial charge in [0.05, 0.1) is 0 Å². The van der Waals surface area contributed by atoms with E-state index in [4.69, 9.17) is 16.3 Å². The largest absolute Gasteiger partial charge is 0.483 e. The molecule has 80 valence electrons. The molecule has 1 saturated carbocycles. The van der Waals surface area contributed by atoms with Gasteiger partial charge in [-0.05, 0) is 37.5 Å². The van der Waals surface area contributed by atoms with E-state index in [1.807, 2.05) is 12.1 Å². The fraction of sp³-hybridized carbons (Fsp3) is 0.417. The molecule has 1 aliphatic rings. The van der Waals surface area contributed by atoms with Crippen molar-refractivity contribution in [1.29, 1.82) is 0 Å². The normalized spacial score (nSPS) is 21.4. The van der Waals surface area contributed by atoms with E-state index in [2.05, 4.69) is 0 Å². The molecule has 1 aromatic rings.